The number of rotatable bonds is 12. The average Bonchev–Trinajstić information content (AvgIpc) is 3.26. The third-order valence-electron chi connectivity index (χ3n) is 4.72. The first-order chi connectivity index (χ1) is 16.9. The van der Waals surface area contributed by atoms with Gasteiger partial charge in [-0.1, -0.05) is 60.4 Å². The van der Waals surface area contributed by atoms with E-state index in [1.807, 2.05) is 18.2 Å². The van der Waals surface area contributed by atoms with Crippen molar-refractivity contribution in [3.63, 3.8) is 0 Å². The molecule has 0 spiro atoms. The second-order valence-electron chi connectivity index (χ2n) is 7.57. The van der Waals surface area contributed by atoms with Crippen molar-refractivity contribution in [3.8, 4) is 5.75 Å². The van der Waals surface area contributed by atoms with E-state index in [1.165, 1.54) is 17.6 Å². The number of benzene rings is 2. The second-order valence-corrected chi connectivity index (χ2v) is 9.48. The van der Waals surface area contributed by atoms with E-state index in [1.54, 1.807) is 24.3 Å². The van der Waals surface area contributed by atoms with Crippen molar-refractivity contribution in [2.75, 3.05) is 5.32 Å². The summed E-state index contributed by atoms with van der Waals surface area (Å²) in [6.45, 7) is 2.40. The molecule has 0 aliphatic rings. The van der Waals surface area contributed by atoms with Gasteiger partial charge in [0.05, 0.1) is 12.6 Å². The van der Waals surface area contributed by atoms with Crippen LogP contribution in [0.25, 0.3) is 0 Å². The fourth-order valence-corrected chi connectivity index (χ4v) is 4.12. The predicted molar refractivity (Wildman–Crippen MR) is 139 cm³/mol. The molecule has 184 valence electrons. The van der Waals surface area contributed by atoms with E-state index >= 15 is 0 Å². The Morgan fingerprint density at radius 1 is 1.09 bits per heavy atom. The summed E-state index contributed by atoms with van der Waals surface area (Å²) in [6, 6.07) is 12.5. The maximum Gasteiger partial charge on any atom is 0.247 e. The van der Waals surface area contributed by atoms with Crippen LogP contribution >= 0.6 is 34.5 Å². The summed E-state index contributed by atoms with van der Waals surface area (Å²) in [5, 5.41) is 16.5. The van der Waals surface area contributed by atoms with Gasteiger partial charge in [0.25, 0.3) is 0 Å². The fraction of sp³-hybridized carbons (Fsp3) is 0.292. The molecule has 8 nitrogen and oxygen atoms in total. The number of amides is 2. The Morgan fingerprint density at radius 2 is 1.89 bits per heavy atom. The molecule has 0 unspecified atom stereocenters. The molecule has 0 bridgehead atoms. The van der Waals surface area contributed by atoms with Gasteiger partial charge in [-0.2, -0.15) is 5.10 Å². The van der Waals surface area contributed by atoms with Crippen molar-refractivity contribution in [1.29, 1.82) is 0 Å². The number of nitrogens with one attached hydrogen (secondary N) is 2. The van der Waals surface area contributed by atoms with Gasteiger partial charge in [0.1, 0.15) is 17.4 Å². The maximum absolute atomic E-state index is 12.1. The summed E-state index contributed by atoms with van der Waals surface area (Å²) in [4.78, 5) is 24.0. The number of hydrazone groups is 1. The molecule has 3 rings (SSSR count). The highest BCUT2D eigenvalue weighted by molar-refractivity contribution is 7.15. The summed E-state index contributed by atoms with van der Waals surface area (Å²) >= 11 is 13.2. The number of carbonyl (C=O) groups excluding carboxylic acids is 2. The number of carbonyl (C=O) groups is 2. The number of unbranched alkanes of at least 4 members (excludes halogenated alkanes) is 2. The largest absolute Gasteiger partial charge is 0.489 e. The van der Waals surface area contributed by atoms with Crippen LogP contribution in [0.4, 0.5) is 5.13 Å². The quantitative estimate of drug-likeness (QED) is 0.178. The van der Waals surface area contributed by atoms with Crippen LogP contribution in [0.3, 0.4) is 0 Å². The van der Waals surface area contributed by atoms with Crippen molar-refractivity contribution in [1.82, 2.24) is 15.6 Å². The molecule has 0 saturated carbocycles. The Hall–Kier alpha value is -3.01. The highest BCUT2D eigenvalue weighted by Gasteiger charge is 2.11. The molecule has 2 aromatic carbocycles. The van der Waals surface area contributed by atoms with Crippen LogP contribution in [0.1, 0.15) is 48.7 Å². The van der Waals surface area contributed by atoms with Crippen LogP contribution in [0.5, 0.6) is 5.75 Å². The Labute approximate surface area is 217 Å². The van der Waals surface area contributed by atoms with Crippen molar-refractivity contribution in [2.24, 2.45) is 5.10 Å². The Bertz CT molecular complexity index is 1170. The molecule has 0 radical (unpaired) electrons. The minimum Gasteiger partial charge on any atom is -0.489 e. The summed E-state index contributed by atoms with van der Waals surface area (Å²) in [5.74, 6) is 0.236. The van der Waals surface area contributed by atoms with Gasteiger partial charge in [-0.3, -0.25) is 9.59 Å². The third kappa shape index (κ3) is 9.28. The van der Waals surface area contributed by atoms with Gasteiger partial charge in [-0.05, 0) is 48.4 Å². The highest BCUT2D eigenvalue weighted by atomic mass is 35.5. The molecular formula is C24H25Cl2N5O3S. The summed E-state index contributed by atoms with van der Waals surface area (Å²) in [7, 11) is 0. The van der Waals surface area contributed by atoms with Gasteiger partial charge in [0, 0.05) is 22.0 Å². The first-order valence-corrected chi connectivity index (χ1v) is 12.6. The molecule has 35 heavy (non-hydrogen) atoms. The zero-order valence-electron chi connectivity index (χ0n) is 19.1. The van der Waals surface area contributed by atoms with Gasteiger partial charge < -0.3 is 10.1 Å². The van der Waals surface area contributed by atoms with Crippen LogP contribution < -0.4 is 15.5 Å². The molecule has 0 aliphatic carbocycles. The maximum atomic E-state index is 12.1. The average molecular weight is 534 g/mol. The Kier molecular flexibility index (Phi) is 10.5. The standard InChI is InChI=1S/C24H25Cl2N5O3S/c1-2-3-4-5-21(32)28-24-31-30-23(35-24)13-22(33)29-27-14-16-6-10-19(11-7-16)34-15-17-8-9-18(25)12-20(17)26/h6-12,14H,2-5,13,15H2,1H3,(H,29,33)(H,28,31,32)/b27-14-. The molecule has 2 N–H and O–H groups in total. The zero-order chi connectivity index (χ0) is 25.0. The van der Waals surface area contributed by atoms with E-state index in [4.69, 9.17) is 27.9 Å². The molecule has 3 aromatic rings. The van der Waals surface area contributed by atoms with Crippen LogP contribution in [0.2, 0.25) is 10.0 Å². The number of hydrogen-bond acceptors (Lipinski definition) is 7. The van der Waals surface area contributed by atoms with E-state index in [2.05, 4.69) is 33.0 Å². The third-order valence-corrected chi connectivity index (χ3v) is 6.15. The van der Waals surface area contributed by atoms with Crippen molar-refractivity contribution >= 4 is 57.7 Å². The number of anilines is 1. The van der Waals surface area contributed by atoms with E-state index in [0.29, 0.717) is 39.0 Å². The monoisotopic (exact) mass is 533 g/mol. The summed E-state index contributed by atoms with van der Waals surface area (Å²) in [5.41, 5.74) is 4.08. The molecule has 0 saturated heterocycles. The minimum atomic E-state index is -0.335. The molecule has 1 heterocycles. The van der Waals surface area contributed by atoms with Gasteiger partial charge in [-0.25, -0.2) is 5.43 Å². The first-order valence-electron chi connectivity index (χ1n) is 11.0. The van der Waals surface area contributed by atoms with Gasteiger partial charge >= 0.3 is 0 Å². The van der Waals surface area contributed by atoms with E-state index in [0.717, 1.165) is 30.4 Å². The second kappa shape index (κ2) is 13.8. The van der Waals surface area contributed by atoms with Gasteiger partial charge in [0.15, 0.2) is 0 Å². The highest BCUT2D eigenvalue weighted by Crippen LogP contribution is 2.23. The zero-order valence-corrected chi connectivity index (χ0v) is 21.4. The normalized spacial score (nSPS) is 10.9. The Balaban J connectivity index is 1.41. The predicted octanol–water partition coefficient (Wildman–Crippen LogP) is 5.64. The fourth-order valence-electron chi connectivity index (χ4n) is 2.90. The summed E-state index contributed by atoms with van der Waals surface area (Å²) in [6.07, 6.45) is 4.88. The van der Waals surface area contributed by atoms with Crippen molar-refractivity contribution < 1.29 is 14.3 Å². The lowest BCUT2D eigenvalue weighted by molar-refractivity contribution is -0.120. The number of aromatic nitrogens is 2. The van der Waals surface area contributed by atoms with Crippen molar-refractivity contribution in [2.45, 2.75) is 45.6 Å². The molecule has 0 atom stereocenters. The number of halogens is 2. The van der Waals surface area contributed by atoms with Gasteiger partial charge in [0.2, 0.25) is 16.9 Å². The molecule has 0 fully saturated rings. The minimum absolute atomic E-state index is 0.0146. The van der Waals surface area contributed by atoms with E-state index < -0.39 is 0 Å². The lowest BCUT2D eigenvalue weighted by Gasteiger charge is -2.08. The smallest absolute Gasteiger partial charge is 0.247 e. The van der Waals surface area contributed by atoms with Crippen LogP contribution in [0, 0.1) is 0 Å². The first kappa shape index (κ1) is 26.6. The number of ether oxygens (including phenoxy) is 1. The van der Waals surface area contributed by atoms with Gasteiger partial charge in [-0.15, -0.1) is 10.2 Å². The van der Waals surface area contributed by atoms with Crippen LogP contribution in [-0.4, -0.2) is 28.2 Å². The van der Waals surface area contributed by atoms with E-state index in [9.17, 15) is 9.59 Å². The topological polar surface area (TPSA) is 106 Å². The lowest BCUT2D eigenvalue weighted by atomic mass is 10.2. The lowest BCUT2D eigenvalue weighted by Crippen LogP contribution is -2.19. The summed E-state index contributed by atoms with van der Waals surface area (Å²) < 4.78 is 5.75. The molecule has 2 amide bonds. The SMILES string of the molecule is CCCCCC(=O)Nc1nnc(CC(=O)N/N=C\c2ccc(OCc3ccc(Cl)cc3Cl)cc2)s1. The van der Waals surface area contributed by atoms with Crippen LogP contribution in [-0.2, 0) is 22.6 Å². The van der Waals surface area contributed by atoms with E-state index in [-0.39, 0.29) is 18.2 Å². The Morgan fingerprint density at radius 3 is 2.63 bits per heavy atom. The van der Waals surface area contributed by atoms with Crippen LogP contribution in [0.15, 0.2) is 47.6 Å². The molecule has 11 heteroatoms. The molecular weight excluding hydrogens is 509 g/mol. The van der Waals surface area contributed by atoms with Crippen molar-refractivity contribution in [3.05, 3.63) is 68.6 Å². The molecule has 1 aromatic heterocycles. The molecule has 0 aliphatic heterocycles. The number of hydrogen-bond donors (Lipinski definition) is 2. The number of nitrogens with zero attached hydrogens (tertiary/aromatic N) is 3.